The number of hydrogen-bond donors (Lipinski definition) is 1. The van der Waals surface area contributed by atoms with Crippen LogP contribution in [0.3, 0.4) is 0 Å². The number of hydrogen-bond acceptors (Lipinski definition) is 2. The van der Waals surface area contributed by atoms with Gasteiger partial charge in [0.1, 0.15) is 0 Å². The van der Waals surface area contributed by atoms with Gasteiger partial charge in [-0.05, 0) is 43.7 Å². The number of aryl methyl sites for hydroxylation is 1. The Kier molecular flexibility index (Phi) is 3.85. The Bertz CT molecular complexity index is 365. The van der Waals surface area contributed by atoms with Crippen molar-refractivity contribution in [3.05, 3.63) is 34.3 Å². The molecule has 0 aliphatic carbocycles. The molecule has 1 unspecified atom stereocenters. The van der Waals surface area contributed by atoms with Crippen molar-refractivity contribution in [1.29, 1.82) is 0 Å². The van der Waals surface area contributed by atoms with E-state index >= 15 is 0 Å². The van der Waals surface area contributed by atoms with E-state index < -0.39 is 0 Å². The van der Waals surface area contributed by atoms with Crippen LogP contribution in [-0.4, -0.2) is 37.6 Å². The van der Waals surface area contributed by atoms with Gasteiger partial charge in [-0.3, -0.25) is 0 Å². The highest BCUT2D eigenvalue weighted by molar-refractivity contribution is 6.30. The van der Waals surface area contributed by atoms with E-state index in [-0.39, 0.29) is 0 Å². The number of halogens is 1. The molecule has 1 fully saturated rings. The summed E-state index contributed by atoms with van der Waals surface area (Å²) in [5.41, 5.74) is 2.69. The van der Waals surface area contributed by atoms with Crippen LogP contribution in [0.15, 0.2) is 18.2 Å². The summed E-state index contributed by atoms with van der Waals surface area (Å²) in [5, 5.41) is 4.39. The van der Waals surface area contributed by atoms with Gasteiger partial charge in [-0.2, -0.15) is 0 Å². The first-order valence-electron chi connectivity index (χ1n) is 5.82. The molecule has 1 aliphatic rings. The van der Waals surface area contributed by atoms with Crippen molar-refractivity contribution in [2.24, 2.45) is 0 Å². The average molecular weight is 239 g/mol. The first-order valence-corrected chi connectivity index (χ1v) is 6.20. The lowest BCUT2D eigenvalue weighted by atomic mass is 10.00. The van der Waals surface area contributed by atoms with Crippen molar-refractivity contribution >= 4 is 11.6 Å². The predicted molar refractivity (Wildman–Crippen MR) is 69.2 cm³/mol. The summed E-state index contributed by atoms with van der Waals surface area (Å²) < 4.78 is 0. The van der Waals surface area contributed by atoms with Gasteiger partial charge in [-0.25, -0.2) is 0 Å². The van der Waals surface area contributed by atoms with Crippen LogP contribution in [-0.2, 0) is 6.42 Å². The van der Waals surface area contributed by atoms with E-state index in [1.807, 2.05) is 12.1 Å². The van der Waals surface area contributed by atoms with Crippen LogP contribution < -0.4 is 5.32 Å². The summed E-state index contributed by atoms with van der Waals surface area (Å²) in [6, 6.07) is 6.74. The van der Waals surface area contributed by atoms with E-state index in [0.29, 0.717) is 6.04 Å². The van der Waals surface area contributed by atoms with Crippen LogP contribution in [0.4, 0.5) is 0 Å². The molecule has 1 saturated heterocycles. The fourth-order valence-corrected chi connectivity index (χ4v) is 2.51. The maximum atomic E-state index is 5.96. The molecule has 3 heteroatoms. The molecule has 88 valence electrons. The van der Waals surface area contributed by atoms with Crippen LogP contribution in [0, 0.1) is 6.92 Å². The highest BCUT2D eigenvalue weighted by atomic mass is 35.5. The topological polar surface area (TPSA) is 15.3 Å². The van der Waals surface area contributed by atoms with Gasteiger partial charge in [0.25, 0.3) is 0 Å². The quantitative estimate of drug-likeness (QED) is 0.849. The average Bonchev–Trinajstić information content (AvgIpc) is 2.22. The summed E-state index contributed by atoms with van der Waals surface area (Å²) in [7, 11) is 2.18. The highest BCUT2D eigenvalue weighted by Crippen LogP contribution is 2.17. The van der Waals surface area contributed by atoms with Crippen molar-refractivity contribution < 1.29 is 0 Å². The second-order valence-electron chi connectivity index (χ2n) is 4.69. The van der Waals surface area contributed by atoms with Crippen molar-refractivity contribution in [2.75, 3.05) is 26.7 Å². The molecule has 0 aromatic heterocycles. The number of rotatable bonds is 2. The molecule has 0 amide bonds. The van der Waals surface area contributed by atoms with Gasteiger partial charge >= 0.3 is 0 Å². The largest absolute Gasteiger partial charge is 0.311 e. The van der Waals surface area contributed by atoms with Gasteiger partial charge in [-0.1, -0.05) is 17.7 Å². The van der Waals surface area contributed by atoms with Crippen LogP contribution in [0.1, 0.15) is 11.1 Å². The van der Waals surface area contributed by atoms with Crippen LogP contribution in [0.25, 0.3) is 0 Å². The Morgan fingerprint density at radius 2 is 2.31 bits per heavy atom. The lowest BCUT2D eigenvalue weighted by molar-refractivity contribution is 0.238. The van der Waals surface area contributed by atoms with Crippen LogP contribution in [0.5, 0.6) is 0 Å². The van der Waals surface area contributed by atoms with Gasteiger partial charge in [0.05, 0.1) is 0 Å². The molecule has 1 aromatic rings. The van der Waals surface area contributed by atoms with Gasteiger partial charge < -0.3 is 10.2 Å². The van der Waals surface area contributed by atoms with E-state index in [1.165, 1.54) is 11.1 Å². The van der Waals surface area contributed by atoms with E-state index in [9.17, 15) is 0 Å². The molecule has 16 heavy (non-hydrogen) atoms. The second kappa shape index (κ2) is 5.17. The molecule has 2 nitrogen and oxygen atoms in total. The van der Waals surface area contributed by atoms with Gasteiger partial charge in [0.15, 0.2) is 0 Å². The molecule has 1 N–H and O–H groups in total. The first-order chi connectivity index (χ1) is 7.65. The number of piperazine rings is 1. The standard InChI is InChI=1S/C13H19ClN2/c1-10-7-12(14)4-3-11(10)8-13-9-16(2)6-5-15-13/h3-4,7,13,15H,5-6,8-9H2,1-2H3. The molecule has 1 heterocycles. The van der Waals surface area contributed by atoms with E-state index in [0.717, 1.165) is 31.1 Å². The molecular weight excluding hydrogens is 220 g/mol. The van der Waals surface area contributed by atoms with Crippen molar-refractivity contribution in [3.8, 4) is 0 Å². The van der Waals surface area contributed by atoms with E-state index in [1.54, 1.807) is 0 Å². The summed E-state index contributed by atoms with van der Waals surface area (Å²) in [4.78, 5) is 2.38. The van der Waals surface area contributed by atoms with Crippen molar-refractivity contribution in [2.45, 2.75) is 19.4 Å². The van der Waals surface area contributed by atoms with Gasteiger partial charge in [0.2, 0.25) is 0 Å². The molecule has 0 spiro atoms. The summed E-state index contributed by atoms with van der Waals surface area (Å²) in [5.74, 6) is 0. The number of likely N-dealkylation sites (N-methyl/N-ethyl adjacent to an activating group) is 1. The Balaban J connectivity index is 2.02. The fraction of sp³-hybridized carbons (Fsp3) is 0.538. The molecular formula is C13H19ClN2. The third kappa shape index (κ3) is 2.97. The fourth-order valence-electron chi connectivity index (χ4n) is 2.28. The minimum absolute atomic E-state index is 0.568. The van der Waals surface area contributed by atoms with Crippen LogP contribution >= 0.6 is 11.6 Å². The molecule has 0 radical (unpaired) electrons. The lowest BCUT2D eigenvalue weighted by Crippen LogP contribution is -2.49. The van der Waals surface area contributed by atoms with Crippen LogP contribution in [0.2, 0.25) is 5.02 Å². The minimum atomic E-state index is 0.568. The first kappa shape index (κ1) is 11.9. The normalized spacial score (nSPS) is 22.3. The smallest absolute Gasteiger partial charge is 0.0408 e. The van der Waals surface area contributed by atoms with Gasteiger partial charge in [0, 0.05) is 30.7 Å². The zero-order valence-electron chi connectivity index (χ0n) is 9.96. The van der Waals surface area contributed by atoms with Gasteiger partial charge in [-0.15, -0.1) is 0 Å². The molecule has 2 rings (SSSR count). The SMILES string of the molecule is Cc1cc(Cl)ccc1CC1CN(C)CCN1. The second-order valence-corrected chi connectivity index (χ2v) is 5.12. The Hall–Kier alpha value is -0.570. The Labute approximate surface area is 103 Å². The number of nitrogens with zero attached hydrogens (tertiary/aromatic N) is 1. The monoisotopic (exact) mass is 238 g/mol. The summed E-state index contributed by atoms with van der Waals surface area (Å²) in [6.45, 7) is 5.50. The van der Waals surface area contributed by atoms with Crippen molar-refractivity contribution in [1.82, 2.24) is 10.2 Å². The molecule has 1 aliphatic heterocycles. The Morgan fingerprint density at radius 3 is 3.00 bits per heavy atom. The Morgan fingerprint density at radius 1 is 1.50 bits per heavy atom. The summed E-state index contributed by atoms with van der Waals surface area (Å²) >= 11 is 5.96. The summed E-state index contributed by atoms with van der Waals surface area (Å²) in [6.07, 6.45) is 1.09. The molecule has 0 bridgehead atoms. The zero-order chi connectivity index (χ0) is 11.5. The van der Waals surface area contributed by atoms with Crippen molar-refractivity contribution in [3.63, 3.8) is 0 Å². The molecule has 0 saturated carbocycles. The minimum Gasteiger partial charge on any atom is -0.311 e. The number of benzene rings is 1. The van der Waals surface area contributed by atoms with E-state index in [4.69, 9.17) is 11.6 Å². The maximum Gasteiger partial charge on any atom is 0.0408 e. The lowest BCUT2D eigenvalue weighted by Gasteiger charge is -2.31. The predicted octanol–water partition coefficient (Wildman–Crippen LogP) is 2.09. The maximum absolute atomic E-state index is 5.96. The zero-order valence-corrected chi connectivity index (χ0v) is 10.7. The highest BCUT2D eigenvalue weighted by Gasteiger charge is 2.17. The number of nitrogens with one attached hydrogen (secondary N) is 1. The third-order valence-electron chi connectivity index (χ3n) is 3.23. The molecule has 1 aromatic carbocycles. The van der Waals surface area contributed by atoms with E-state index in [2.05, 4.69) is 30.3 Å². The molecule has 1 atom stereocenters. The third-order valence-corrected chi connectivity index (χ3v) is 3.46.